The molecule has 0 spiro atoms. The number of hydrogen-bond donors (Lipinski definition) is 2. The van der Waals surface area contributed by atoms with Gasteiger partial charge in [-0.05, 0) is 46.6 Å². The number of rotatable bonds is 6. The molecule has 3 rings (SSSR count). The first-order valence-electron chi connectivity index (χ1n) is 9.90. The van der Waals surface area contributed by atoms with E-state index in [4.69, 9.17) is 9.15 Å². The van der Waals surface area contributed by atoms with Crippen molar-refractivity contribution in [1.82, 2.24) is 9.97 Å². The zero-order valence-corrected chi connectivity index (χ0v) is 18.3. The van der Waals surface area contributed by atoms with Gasteiger partial charge < -0.3 is 19.4 Å². The first-order chi connectivity index (χ1) is 14.8. The van der Waals surface area contributed by atoms with E-state index in [2.05, 4.69) is 9.97 Å². The van der Waals surface area contributed by atoms with Crippen LogP contribution in [0.5, 0.6) is 17.2 Å². The molecule has 0 fully saturated rings. The van der Waals surface area contributed by atoms with Gasteiger partial charge in [-0.1, -0.05) is 23.3 Å². The van der Waals surface area contributed by atoms with Gasteiger partial charge in [-0.15, -0.1) is 0 Å². The molecule has 2 aromatic heterocycles. The van der Waals surface area contributed by atoms with Crippen molar-refractivity contribution in [1.29, 1.82) is 0 Å². The number of hydrogen-bond acceptors (Lipinski definition) is 7. The molecule has 0 aliphatic rings. The average Bonchev–Trinajstić information content (AvgIpc) is 2.73. The number of aromatic hydroxyl groups is 2. The Balaban J connectivity index is 2.46. The zero-order chi connectivity index (χ0) is 22.7. The van der Waals surface area contributed by atoms with Crippen LogP contribution in [0.1, 0.15) is 38.8 Å². The number of phenols is 2. The fourth-order valence-electron chi connectivity index (χ4n) is 3.24. The molecule has 2 N–H and O–H groups in total. The molecule has 0 atom stereocenters. The molecular weight excluding hydrogens is 396 g/mol. The summed E-state index contributed by atoms with van der Waals surface area (Å²) in [6.07, 6.45) is 7.41. The Bertz CT molecular complexity index is 1230. The number of methoxy groups -OCH3 is 1. The highest BCUT2D eigenvalue weighted by atomic mass is 16.5. The van der Waals surface area contributed by atoms with Crippen molar-refractivity contribution in [3.8, 4) is 28.8 Å². The lowest BCUT2D eigenvalue weighted by Crippen LogP contribution is -2.11. The molecule has 0 aliphatic carbocycles. The highest BCUT2D eigenvalue weighted by Gasteiger charge is 2.27. The number of nitrogens with zero attached hydrogens (tertiary/aromatic N) is 2. The standard InChI is InChI=1S/C24H26N2O5/c1-13(2)7-9-15-18(27)16(10-8-14(3)4)21-17(19(15)28)20(29)22(30-5)23(31-21)24-25-11-6-12-26-24/h6-8,11-12,27-28H,9-10H2,1-5H3. The van der Waals surface area contributed by atoms with Gasteiger partial charge in [0.25, 0.3) is 0 Å². The third kappa shape index (κ3) is 4.30. The molecule has 1 aromatic carbocycles. The largest absolute Gasteiger partial charge is 0.507 e. The number of benzene rings is 1. The fraction of sp³-hybridized carbons (Fsp3) is 0.292. The predicted molar refractivity (Wildman–Crippen MR) is 120 cm³/mol. The second kappa shape index (κ2) is 9.04. The molecule has 0 bridgehead atoms. The number of fused-ring (bicyclic) bond motifs is 1. The minimum atomic E-state index is -0.555. The molecule has 0 saturated heterocycles. The number of allylic oxidation sites excluding steroid dienone is 4. The maximum absolute atomic E-state index is 13.4. The molecule has 162 valence electrons. The number of ether oxygens (including phenoxy) is 1. The summed E-state index contributed by atoms with van der Waals surface area (Å²) < 4.78 is 11.4. The fourth-order valence-corrected chi connectivity index (χ4v) is 3.24. The maximum atomic E-state index is 13.4. The van der Waals surface area contributed by atoms with Crippen LogP contribution in [-0.2, 0) is 12.8 Å². The Labute approximate surface area is 180 Å². The molecule has 7 nitrogen and oxygen atoms in total. The monoisotopic (exact) mass is 422 g/mol. The number of phenolic OH excluding ortho intramolecular Hbond substituents is 2. The van der Waals surface area contributed by atoms with E-state index in [-0.39, 0.29) is 51.8 Å². The van der Waals surface area contributed by atoms with Crippen LogP contribution in [0.25, 0.3) is 22.6 Å². The summed E-state index contributed by atoms with van der Waals surface area (Å²) >= 11 is 0. The minimum absolute atomic E-state index is 0.0369. The van der Waals surface area contributed by atoms with Gasteiger partial charge in [0.2, 0.25) is 16.9 Å². The summed E-state index contributed by atoms with van der Waals surface area (Å²) in [5, 5.41) is 21.9. The highest BCUT2D eigenvalue weighted by molar-refractivity contribution is 5.92. The van der Waals surface area contributed by atoms with Crippen LogP contribution in [0.2, 0.25) is 0 Å². The Kier molecular flexibility index (Phi) is 6.44. The van der Waals surface area contributed by atoms with E-state index in [0.717, 1.165) is 11.1 Å². The first-order valence-corrected chi connectivity index (χ1v) is 9.90. The van der Waals surface area contributed by atoms with Crippen molar-refractivity contribution in [3.05, 3.63) is 63.1 Å². The van der Waals surface area contributed by atoms with Gasteiger partial charge in [0, 0.05) is 23.5 Å². The van der Waals surface area contributed by atoms with E-state index in [1.807, 2.05) is 39.8 Å². The highest BCUT2D eigenvalue weighted by Crippen LogP contribution is 2.42. The lowest BCUT2D eigenvalue weighted by molar-refractivity contribution is 0.395. The normalized spacial score (nSPS) is 10.7. The Morgan fingerprint density at radius 3 is 2.13 bits per heavy atom. The Morgan fingerprint density at radius 1 is 1.00 bits per heavy atom. The van der Waals surface area contributed by atoms with Crippen LogP contribution < -0.4 is 10.2 Å². The Hall–Kier alpha value is -3.61. The smallest absolute Gasteiger partial charge is 0.239 e. The molecule has 0 saturated carbocycles. The van der Waals surface area contributed by atoms with Crippen molar-refractivity contribution in [3.63, 3.8) is 0 Å². The SMILES string of the molecule is COc1c(-c2ncccn2)oc2c(CC=C(C)C)c(O)c(CC=C(C)C)c(O)c2c1=O. The van der Waals surface area contributed by atoms with E-state index in [1.54, 1.807) is 6.07 Å². The van der Waals surface area contributed by atoms with Crippen LogP contribution in [0, 0.1) is 0 Å². The van der Waals surface area contributed by atoms with E-state index < -0.39 is 5.43 Å². The van der Waals surface area contributed by atoms with E-state index in [1.165, 1.54) is 19.5 Å². The topological polar surface area (TPSA) is 106 Å². The maximum Gasteiger partial charge on any atom is 0.239 e. The van der Waals surface area contributed by atoms with Gasteiger partial charge in [-0.2, -0.15) is 0 Å². The molecule has 31 heavy (non-hydrogen) atoms. The second-order valence-electron chi connectivity index (χ2n) is 7.70. The van der Waals surface area contributed by atoms with Gasteiger partial charge in [0.15, 0.2) is 5.82 Å². The molecule has 2 heterocycles. The molecule has 7 heteroatoms. The lowest BCUT2D eigenvalue weighted by atomic mass is 9.96. The van der Waals surface area contributed by atoms with Gasteiger partial charge >= 0.3 is 0 Å². The molecule has 0 aliphatic heterocycles. The number of aromatic nitrogens is 2. The summed E-state index contributed by atoms with van der Waals surface area (Å²) in [5.41, 5.74) is 2.26. The van der Waals surface area contributed by atoms with Crippen molar-refractivity contribution in [2.45, 2.75) is 40.5 Å². The summed E-state index contributed by atoms with van der Waals surface area (Å²) in [6.45, 7) is 7.71. The summed E-state index contributed by atoms with van der Waals surface area (Å²) in [5.74, 6) is -0.332. The van der Waals surface area contributed by atoms with Gasteiger partial charge in [-0.3, -0.25) is 4.79 Å². The lowest BCUT2D eigenvalue weighted by Gasteiger charge is -2.16. The minimum Gasteiger partial charge on any atom is -0.507 e. The van der Waals surface area contributed by atoms with Crippen LogP contribution in [0.3, 0.4) is 0 Å². The zero-order valence-electron chi connectivity index (χ0n) is 18.3. The van der Waals surface area contributed by atoms with Crippen LogP contribution in [-0.4, -0.2) is 27.3 Å². The van der Waals surface area contributed by atoms with E-state index in [0.29, 0.717) is 12.0 Å². The van der Waals surface area contributed by atoms with Crippen molar-refractivity contribution in [2.75, 3.05) is 7.11 Å². The van der Waals surface area contributed by atoms with Crippen molar-refractivity contribution in [2.24, 2.45) is 0 Å². The van der Waals surface area contributed by atoms with Crippen LogP contribution in [0.15, 0.2) is 51.0 Å². The molecule has 0 radical (unpaired) electrons. The second-order valence-corrected chi connectivity index (χ2v) is 7.70. The van der Waals surface area contributed by atoms with Crippen LogP contribution in [0.4, 0.5) is 0 Å². The third-order valence-electron chi connectivity index (χ3n) is 4.84. The van der Waals surface area contributed by atoms with Crippen molar-refractivity contribution >= 4 is 11.0 Å². The summed E-state index contributed by atoms with van der Waals surface area (Å²) in [6, 6.07) is 1.64. The Morgan fingerprint density at radius 2 is 1.58 bits per heavy atom. The molecular formula is C24H26N2O5. The quantitative estimate of drug-likeness (QED) is 0.555. The van der Waals surface area contributed by atoms with Gasteiger partial charge in [0.05, 0.1) is 7.11 Å². The molecule has 0 amide bonds. The van der Waals surface area contributed by atoms with E-state index >= 15 is 0 Å². The average molecular weight is 422 g/mol. The third-order valence-corrected chi connectivity index (χ3v) is 4.84. The molecule has 3 aromatic rings. The van der Waals surface area contributed by atoms with Gasteiger partial charge in [-0.25, -0.2) is 9.97 Å². The predicted octanol–water partition coefficient (Wildman–Crippen LogP) is 4.69. The van der Waals surface area contributed by atoms with Crippen LogP contribution >= 0.6 is 0 Å². The van der Waals surface area contributed by atoms with Gasteiger partial charge in [0.1, 0.15) is 22.5 Å². The summed E-state index contributed by atoms with van der Waals surface area (Å²) in [7, 11) is 1.34. The van der Waals surface area contributed by atoms with Crippen molar-refractivity contribution < 1.29 is 19.4 Å². The molecule has 0 unspecified atom stereocenters. The van der Waals surface area contributed by atoms with E-state index in [9.17, 15) is 15.0 Å². The summed E-state index contributed by atoms with van der Waals surface area (Å²) in [4.78, 5) is 21.7. The first kappa shape index (κ1) is 22.1.